The minimum Gasteiger partial charge on any atom is -0.494 e. The van der Waals surface area contributed by atoms with Crippen LogP contribution in [-0.2, 0) is 6.42 Å². The molecule has 2 aromatic rings. The summed E-state index contributed by atoms with van der Waals surface area (Å²) in [7, 11) is 0. The third-order valence-electron chi connectivity index (χ3n) is 5.95. The summed E-state index contributed by atoms with van der Waals surface area (Å²) in [5, 5.41) is 0. The Hall–Kier alpha value is -1.90. The highest BCUT2D eigenvalue weighted by Gasteiger charge is 2.03. The zero-order chi connectivity index (χ0) is 21.4. The van der Waals surface area contributed by atoms with Crippen molar-refractivity contribution < 1.29 is 4.74 Å². The van der Waals surface area contributed by atoms with E-state index in [9.17, 15) is 0 Å². The van der Waals surface area contributed by atoms with Gasteiger partial charge in [0.05, 0.1) is 6.61 Å². The van der Waals surface area contributed by atoms with Gasteiger partial charge in [0.1, 0.15) is 11.6 Å². The molecule has 0 aliphatic rings. The van der Waals surface area contributed by atoms with Crippen LogP contribution in [0.5, 0.6) is 5.75 Å². The van der Waals surface area contributed by atoms with Crippen molar-refractivity contribution in [1.82, 2.24) is 9.97 Å². The second kappa shape index (κ2) is 15.0. The minimum atomic E-state index is 0.806. The average Bonchev–Trinajstić information content (AvgIpc) is 2.79. The molecule has 1 aromatic carbocycles. The van der Waals surface area contributed by atoms with Crippen molar-refractivity contribution in [2.45, 2.75) is 97.8 Å². The maximum Gasteiger partial charge on any atom is 0.128 e. The average molecular weight is 411 g/mol. The first-order chi connectivity index (χ1) is 14.7. The first kappa shape index (κ1) is 24.4. The van der Waals surface area contributed by atoms with Crippen LogP contribution in [0.4, 0.5) is 0 Å². The van der Waals surface area contributed by atoms with Crippen LogP contribution < -0.4 is 4.74 Å². The van der Waals surface area contributed by atoms with Gasteiger partial charge in [-0.3, -0.25) is 0 Å². The minimum absolute atomic E-state index is 0.806. The molecule has 3 nitrogen and oxygen atoms in total. The van der Waals surface area contributed by atoms with E-state index in [0.717, 1.165) is 48.1 Å². The summed E-state index contributed by atoms with van der Waals surface area (Å²) in [6, 6.07) is 8.31. The Balaban J connectivity index is 1.68. The Labute approximate surface area is 184 Å². The fourth-order valence-corrected chi connectivity index (χ4v) is 3.61. The number of hydrogen-bond donors (Lipinski definition) is 0. The van der Waals surface area contributed by atoms with Crippen LogP contribution in [0.25, 0.3) is 11.1 Å². The first-order valence-electron chi connectivity index (χ1n) is 12.3. The van der Waals surface area contributed by atoms with Crippen LogP contribution in [0.2, 0.25) is 0 Å². The summed E-state index contributed by atoms with van der Waals surface area (Å²) in [6.45, 7) is 7.68. The van der Waals surface area contributed by atoms with E-state index >= 15 is 0 Å². The number of nitrogens with zero attached hydrogens (tertiary/aromatic N) is 2. The molecule has 30 heavy (non-hydrogen) atoms. The molecule has 0 saturated heterocycles. The molecule has 2 rings (SSSR count). The summed E-state index contributed by atoms with van der Waals surface area (Å²) < 4.78 is 5.88. The number of rotatable bonds is 16. The van der Waals surface area contributed by atoms with E-state index in [2.05, 4.69) is 55.0 Å². The van der Waals surface area contributed by atoms with Crippen LogP contribution in [0.15, 0.2) is 36.7 Å². The topological polar surface area (TPSA) is 35.0 Å². The number of ether oxygens (including phenoxy) is 1. The van der Waals surface area contributed by atoms with Gasteiger partial charge in [0, 0.05) is 24.4 Å². The lowest BCUT2D eigenvalue weighted by Crippen LogP contribution is -1.98. The molecular formula is C27H42N2O. The van der Waals surface area contributed by atoms with Gasteiger partial charge in [0.15, 0.2) is 0 Å². The Bertz CT molecular complexity index is 666. The van der Waals surface area contributed by atoms with Gasteiger partial charge in [-0.25, -0.2) is 9.97 Å². The van der Waals surface area contributed by atoms with Crippen molar-refractivity contribution >= 4 is 0 Å². The Morgan fingerprint density at radius 2 is 1.43 bits per heavy atom. The van der Waals surface area contributed by atoms with Crippen molar-refractivity contribution in [3.8, 4) is 16.9 Å². The molecule has 0 aliphatic heterocycles. The molecule has 0 N–H and O–H groups in total. The summed E-state index contributed by atoms with van der Waals surface area (Å²) >= 11 is 0. The van der Waals surface area contributed by atoms with Crippen molar-refractivity contribution in [3.63, 3.8) is 0 Å². The lowest BCUT2D eigenvalue weighted by Gasteiger charge is -2.08. The van der Waals surface area contributed by atoms with E-state index in [4.69, 9.17) is 4.74 Å². The fourth-order valence-electron chi connectivity index (χ4n) is 3.61. The van der Waals surface area contributed by atoms with Crippen LogP contribution in [0.3, 0.4) is 0 Å². The van der Waals surface area contributed by atoms with E-state index in [1.54, 1.807) is 0 Å². The smallest absolute Gasteiger partial charge is 0.128 e. The predicted molar refractivity (Wildman–Crippen MR) is 128 cm³/mol. The number of aryl methyl sites for hydroxylation is 1. The van der Waals surface area contributed by atoms with Gasteiger partial charge >= 0.3 is 0 Å². The fraction of sp³-hybridized carbons (Fsp3) is 0.630. The Morgan fingerprint density at radius 3 is 2.13 bits per heavy atom. The van der Waals surface area contributed by atoms with Crippen LogP contribution in [0, 0.1) is 5.92 Å². The number of aromatic nitrogens is 2. The highest BCUT2D eigenvalue weighted by atomic mass is 16.5. The van der Waals surface area contributed by atoms with Crippen molar-refractivity contribution in [1.29, 1.82) is 0 Å². The Kier molecular flexibility index (Phi) is 12.2. The summed E-state index contributed by atoms with van der Waals surface area (Å²) in [5.74, 6) is 2.76. The SMILES string of the molecule is CCCCCCCCOc1ccc(-c2cnc(CCCCCC(C)CC)nc2)cc1. The molecule has 1 unspecified atom stereocenters. The Morgan fingerprint density at radius 1 is 0.767 bits per heavy atom. The van der Waals surface area contributed by atoms with Gasteiger partial charge in [-0.1, -0.05) is 90.7 Å². The lowest BCUT2D eigenvalue weighted by molar-refractivity contribution is 0.304. The van der Waals surface area contributed by atoms with E-state index in [0.29, 0.717) is 0 Å². The van der Waals surface area contributed by atoms with Crippen LogP contribution in [-0.4, -0.2) is 16.6 Å². The molecule has 0 spiro atoms. The highest BCUT2D eigenvalue weighted by Crippen LogP contribution is 2.22. The third-order valence-corrected chi connectivity index (χ3v) is 5.95. The first-order valence-corrected chi connectivity index (χ1v) is 12.3. The van der Waals surface area contributed by atoms with Gasteiger partial charge in [0.25, 0.3) is 0 Å². The maximum absolute atomic E-state index is 5.88. The highest BCUT2D eigenvalue weighted by molar-refractivity contribution is 5.62. The van der Waals surface area contributed by atoms with E-state index in [1.165, 1.54) is 64.2 Å². The maximum atomic E-state index is 5.88. The second-order valence-corrected chi connectivity index (χ2v) is 8.64. The van der Waals surface area contributed by atoms with Gasteiger partial charge in [0.2, 0.25) is 0 Å². The molecule has 0 fully saturated rings. The van der Waals surface area contributed by atoms with Gasteiger partial charge in [-0.2, -0.15) is 0 Å². The molecule has 166 valence electrons. The lowest BCUT2D eigenvalue weighted by atomic mass is 10.0. The van der Waals surface area contributed by atoms with E-state index < -0.39 is 0 Å². The predicted octanol–water partition coefficient (Wildman–Crippen LogP) is 8.03. The normalized spacial score (nSPS) is 12.1. The molecule has 0 radical (unpaired) electrons. The van der Waals surface area contributed by atoms with E-state index in [-0.39, 0.29) is 0 Å². The quantitative estimate of drug-likeness (QED) is 0.263. The van der Waals surface area contributed by atoms with Crippen molar-refractivity contribution in [2.24, 2.45) is 5.92 Å². The number of benzene rings is 1. The number of hydrogen-bond acceptors (Lipinski definition) is 3. The van der Waals surface area contributed by atoms with Gasteiger partial charge in [-0.15, -0.1) is 0 Å². The van der Waals surface area contributed by atoms with Crippen molar-refractivity contribution in [3.05, 3.63) is 42.5 Å². The van der Waals surface area contributed by atoms with Gasteiger partial charge in [-0.05, 0) is 36.5 Å². The molecular weight excluding hydrogens is 368 g/mol. The molecule has 0 bridgehead atoms. The zero-order valence-electron chi connectivity index (χ0n) is 19.5. The van der Waals surface area contributed by atoms with Crippen LogP contribution in [0.1, 0.15) is 97.2 Å². The van der Waals surface area contributed by atoms with Gasteiger partial charge < -0.3 is 4.74 Å². The number of unbranched alkanes of at least 4 members (excludes halogenated alkanes) is 7. The largest absolute Gasteiger partial charge is 0.494 e. The zero-order valence-corrected chi connectivity index (χ0v) is 19.5. The molecule has 1 heterocycles. The van der Waals surface area contributed by atoms with Crippen LogP contribution >= 0.6 is 0 Å². The standard InChI is InChI=1S/C27H42N2O/c1-4-6-7-8-9-13-20-30-26-18-16-24(17-19-26)25-21-28-27(29-22-25)15-12-10-11-14-23(3)5-2/h16-19,21-23H,4-15,20H2,1-3H3. The van der Waals surface area contributed by atoms with E-state index in [1.807, 2.05) is 12.4 Å². The summed E-state index contributed by atoms with van der Waals surface area (Å²) in [4.78, 5) is 9.15. The third kappa shape index (κ3) is 9.73. The second-order valence-electron chi connectivity index (χ2n) is 8.64. The van der Waals surface area contributed by atoms with Crippen molar-refractivity contribution in [2.75, 3.05) is 6.61 Å². The molecule has 0 aliphatic carbocycles. The summed E-state index contributed by atoms with van der Waals surface area (Å²) in [6.07, 6.45) is 19.0. The molecule has 0 saturated carbocycles. The monoisotopic (exact) mass is 410 g/mol. The molecule has 3 heteroatoms. The summed E-state index contributed by atoms with van der Waals surface area (Å²) in [5.41, 5.74) is 2.21. The molecule has 1 atom stereocenters. The molecule has 0 amide bonds. The molecule has 1 aromatic heterocycles.